The van der Waals surface area contributed by atoms with Crippen LogP contribution in [0.2, 0.25) is 0 Å². The minimum absolute atomic E-state index is 0.0200. The van der Waals surface area contributed by atoms with Crippen LogP contribution in [0, 0.1) is 33.5 Å². The molecule has 170 valence electrons. The summed E-state index contributed by atoms with van der Waals surface area (Å²) in [7, 11) is 0. The molecular weight excluding hydrogens is 423 g/mol. The lowest BCUT2D eigenvalue weighted by atomic mass is 10.1. The number of hydrogen-bond acceptors (Lipinski definition) is 5. The number of aryl methyl sites for hydroxylation is 3. The first-order valence-electron chi connectivity index (χ1n) is 10.6. The van der Waals surface area contributed by atoms with E-state index in [9.17, 15) is 9.18 Å². The van der Waals surface area contributed by atoms with Gasteiger partial charge in [-0.15, -0.1) is 0 Å². The second-order valence-electron chi connectivity index (χ2n) is 7.96. The van der Waals surface area contributed by atoms with E-state index < -0.39 is 11.7 Å². The summed E-state index contributed by atoms with van der Waals surface area (Å²) in [5, 5.41) is 11.4. The van der Waals surface area contributed by atoms with Gasteiger partial charge < -0.3 is 14.6 Å². The van der Waals surface area contributed by atoms with Crippen LogP contribution in [-0.2, 0) is 13.2 Å². The number of nitrogens with one attached hydrogen (secondary N) is 1. The molecule has 33 heavy (non-hydrogen) atoms. The summed E-state index contributed by atoms with van der Waals surface area (Å²) in [6.45, 7) is 8.11. The molecule has 0 atom stereocenters. The monoisotopic (exact) mass is 448 g/mol. The Kier molecular flexibility index (Phi) is 6.26. The second-order valence-corrected chi connectivity index (χ2v) is 7.96. The highest BCUT2D eigenvalue weighted by Crippen LogP contribution is 2.24. The van der Waals surface area contributed by atoms with Crippen LogP contribution in [-0.4, -0.2) is 20.8 Å². The molecule has 2 aromatic heterocycles. The molecule has 0 aliphatic rings. The molecule has 1 amide bonds. The fourth-order valence-electron chi connectivity index (χ4n) is 3.52. The number of carbonyl (C=O) groups is 1. The van der Waals surface area contributed by atoms with Crippen LogP contribution in [0.1, 0.15) is 44.3 Å². The molecule has 0 saturated carbocycles. The second kappa shape index (κ2) is 9.28. The first-order valence-corrected chi connectivity index (χ1v) is 10.6. The van der Waals surface area contributed by atoms with Gasteiger partial charge in [0.2, 0.25) is 0 Å². The van der Waals surface area contributed by atoms with Crippen molar-refractivity contribution in [3.8, 4) is 5.75 Å². The summed E-state index contributed by atoms with van der Waals surface area (Å²) in [6.07, 6.45) is 0. The first kappa shape index (κ1) is 22.3. The zero-order chi connectivity index (χ0) is 23.5. The van der Waals surface area contributed by atoms with Gasteiger partial charge in [-0.1, -0.05) is 41.1 Å². The van der Waals surface area contributed by atoms with Crippen LogP contribution in [0.5, 0.6) is 5.75 Å². The van der Waals surface area contributed by atoms with E-state index >= 15 is 0 Å². The first-order chi connectivity index (χ1) is 15.8. The Morgan fingerprint density at radius 3 is 2.61 bits per heavy atom. The zero-order valence-corrected chi connectivity index (χ0v) is 19.0. The molecule has 8 heteroatoms. The molecule has 0 radical (unpaired) electrons. The number of amides is 1. The Hall–Kier alpha value is -3.94. The van der Waals surface area contributed by atoms with Crippen LogP contribution in [0.25, 0.3) is 0 Å². The Balaban J connectivity index is 1.51. The van der Waals surface area contributed by atoms with Crippen molar-refractivity contribution in [3.63, 3.8) is 0 Å². The van der Waals surface area contributed by atoms with Crippen LogP contribution < -0.4 is 10.1 Å². The zero-order valence-electron chi connectivity index (χ0n) is 19.0. The normalized spacial score (nSPS) is 10.9. The molecule has 2 heterocycles. The summed E-state index contributed by atoms with van der Waals surface area (Å²) in [5.41, 5.74) is 5.09. The largest absolute Gasteiger partial charge is 0.489 e. The number of nitrogens with zero attached hydrogens (tertiary/aromatic N) is 3. The van der Waals surface area contributed by atoms with Gasteiger partial charge in [0, 0.05) is 6.07 Å². The molecule has 0 aliphatic heterocycles. The molecule has 0 saturated heterocycles. The smallest absolute Gasteiger partial charge is 0.278 e. The molecule has 0 aliphatic carbocycles. The van der Waals surface area contributed by atoms with Gasteiger partial charge in [-0.05, 0) is 45.4 Å². The summed E-state index contributed by atoms with van der Waals surface area (Å²) in [5.74, 6) is -0.0158. The van der Waals surface area contributed by atoms with Gasteiger partial charge in [0.1, 0.15) is 23.9 Å². The molecule has 0 unspecified atom stereocenters. The number of carbonyl (C=O) groups excluding carboxylic acids is 1. The number of hydrogen-bond donors (Lipinski definition) is 1. The average molecular weight is 448 g/mol. The van der Waals surface area contributed by atoms with Crippen LogP contribution >= 0.6 is 0 Å². The van der Waals surface area contributed by atoms with Crippen molar-refractivity contribution in [2.24, 2.45) is 0 Å². The number of benzene rings is 2. The minimum Gasteiger partial charge on any atom is -0.489 e. The quantitative estimate of drug-likeness (QED) is 0.424. The Morgan fingerprint density at radius 2 is 1.88 bits per heavy atom. The summed E-state index contributed by atoms with van der Waals surface area (Å²) < 4.78 is 26.1. The van der Waals surface area contributed by atoms with Gasteiger partial charge in [-0.3, -0.25) is 9.48 Å². The van der Waals surface area contributed by atoms with E-state index in [1.807, 2.05) is 25.5 Å². The minimum atomic E-state index is -0.425. The average Bonchev–Trinajstić information content (AvgIpc) is 3.28. The number of aromatic nitrogens is 3. The van der Waals surface area contributed by atoms with Gasteiger partial charge in [0.05, 0.1) is 29.2 Å². The van der Waals surface area contributed by atoms with Crippen molar-refractivity contribution in [1.29, 1.82) is 0 Å². The van der Waals surface area contributed by atoms with Crippen molar-refractivity contribution in [2.45, 2.75) is 40.8 Å². The third-order valence-corrected chi connectivity index (χ3v) is 5.45. The third-order valence-electron chi connectivity index (χ3n) is 5.45. The van der Waals surface area contributed by atoms with E-state index in [-0.39, 0.29) is 12.3 Å². The molecule has 0 spiro atoms. The van der Waals surface area contributed by atoms with Crippen molar-refractivity contribution < 1.29 is 18.4 Å². The lowest BCUT2D eigenvalue weighted by molar-refractivity contribution is 0.101. The van der Waals surface area contributed by atoms with E-state index in [4.69, 9.17) is 9.26 Å². The third kappa shape index (κ3) is 4.95. The topological polar surface area (TPSA) is 82.2 Å². The molecular formula is C25H25FN4O3. The number of anilines is 1. The van der Waals surface area contributed by atoms with Crippen LogP contribution in [0.4, 0.5) is 10.1 Å². The summed E-state index contributed by atoms with van der Waals surface area (Å²) >= 11 is 0. The molecule has 7 nitrogen and oxygen atoms in total. The van der Waals surface area contributed by atoms with E-state index in [1.54, 1.807) is 19.1 Å². The molecule has 2 aromatic carbocycles. The number of rotatable bonds is 7. The fraction of sp³-hybridized carbons (Fsp3) is 0.240. The van der Waals surface area contributed by atoms with Crippen molar-refractivity contribution >= 4 is 11.6 Å². The Morgan fingerprint density at radius 1 is 1.12 bits per heavy atom. The van der Waals surface area contributed by atoms with Crippen molar-refractivity contribution in [1.82, 2.24) is 14.9 Å². The van der Waals surface area contributed by atoms with E-state index in [0.29, 0.717) is 35.0 Å². The van der Waals surface area contributed by atoms with Gasteiger partial charge >= 0.3 is 0 Å². The lowest BCUT2D eigenvalue weighted by Gasteiger charge is -2.08. The van der Waals surface area contributed by atoms with E-state index in [0.717, 1.165) is 11.3 Å². The lowest BCUT2D eigenvalue weighted by Crippen LogP contribution is -2.16. The maximum Gasteiger partial charge on any atom is 0.278 e. The van der Waals surface area contributed by atoms with Crippen LogP contribution in [0.3, 0.4) is 0 Å². The maximum atomic E-state index is 13.4. The van der Waals surface area contributed by atoms with Gasteiger partial charge in [-0.2, -0.15) is 5.10 Å². The molecule has 1 N–H and O–H groups in total. The van der Waals surface area contributed by atoms with Gasteiger partial charge in [-0.25, -0.2) is 4.39 Å². The van der Waals surface area contributed by atoms with Gasteiger partial charge in [0.15, 0.2) is 5.69 Å². The van der Waals surface area contributed by atoms with Gasteiger partial charge in [0.25, 0.3) is 5.91 Å². The highest BCUT2D eigenvalue weighted by Gasteiger charge is 2.23. The number of halogens is 1. The fourth-order valence-corrected chi connectivity index (χ4v) is 3.52. The van der Waals surface area contributed by atoms with E-state index in [1.165, 1.54) is 17.7 Å². The SMILES string of the molecule is Cc1ccc(Cn2nc(C)c(NC(=O)c3noc(C)c3COc3cccc(F)c3)c2C)cc1. The van der Waals surface area contributed by atoms with Crippen molar-refractivity contribution in [3.05, 3.63) is 93.9 Å². The highest BCUT2D eigenvalue weighted by molar-refractivity contribution is 6.04. The molecule has 4 rings (SSSR count). The predicted molar refractivity (Wildman–Crippen MR) is 122 cm³/mol. The van der Waals surface area contributed by atoms with E-state index in [2.05, 4.69) is 39.8 Å². The predicted octanol–water partition coefficient (Wildman–Crippen LogP) is 5.12. The molecule has 0 fully saturated rings. The Labute approximate surface area is 191 Å². The highest BCUT2D eigenvalue weighted by atomic mass is 19.1. The standard InChI is InChI=1S/C25H25FN4O3/c1-15-8-10-19(11-9-15)13-30-17(3)23(16(2)28-30)27-25(31)24-22(18(4)33-29-24)14-32-21-7-5-6-20(26)12-21/h5-12H,13-14H2,1-4H3,(H,27,31). The molecule has 4 aromatic rings. The number of ether oxygens (including phenoxy) is 1. The maximum absolute atomic E-state index is 13.4. The Bertz CT molecular complexity index is 1290. The summed E-state index contributed by atoms with van der Waals surface area (Å²) in [4.78, 5) is 13.0. The van der Waals surface area contributed by atoms with Crippen LogP contribution in [0.15, 0.2) is 53.1 Å². The summed E-state index contributed by atoms with van der Waals surface area (Å²) in [6, 6.07) is 14.0. The van der Waals surface area contributed by atoms with Crippen molar-refractivity contribution in [2.75, 3.05) is 5.32 Å². The molecule has 0 bridgehead atoms.